The molecule has 0 bridgehead atoms. The van der Waals surface area contributed by atoms with Crippen LogP contribution in [0.25, 0.3) is 0 Å². The van der Waals surface area contributed by atoms with Crippen LogP contribution in [-0.4, -0.2) is 19.4 Å². The summed E-state index contributed by atoms with van der Waals surface area (Å²) < 4.78 is 5.32. The van der Waals surface area contributed by atoms with Crippen molar-refractivity contribution in [2.45, 2.75) is 31.7 Å². The minimum atomic E-state index is 0.410. The molecule has 2 aromatic rings. The molecule has 2 heteroatoms. The summed E-state index contributed by atoms with van der Waals surface area (Å²) in [6, 6.07) is 17.3. The molecule has 0 aromatic heterocycles. The predicted molar refractivity (Wildman–Crippen MR) is 87.4 cm³/mol. The lowest BCUT2D eigenvalue weighted by atomic mass is 9.88. The summed E-state index contributed by atoms with van der Waals surface area (Å²) in [6.07, 6.45) is 6.28. The Balaban J connectivity index is 1.63. The quantitative estimate of drug-likeness (QED) is 0.779. The summed E-state index contributed by atoms with van der Waals surface area (Å²) in [7, 11) is 1.72. The van der Waals surface area contributed by atoms with Gasteiger partial charge in [0.15, 0.2) is 0 Å². The number of hydrogen-bond acceptors (Lipinski definition) is 2. The second-order valence-corrected chi connectivity index (χ2v) is 5.55. The van der Waals surface area contributed by atoms with E-state index in [1.54, 1.807) is 7.11 Å². The van der Waals surface area contributed by atoms with Crippen molar-refractivity contribution >= 4 is 6.21 Å². The van der Waals surface area contributed by atoms with Gasteiger partial charge in [0.25, 0.3) is 0 Å². The van der Waals surface area contributed by atoms with Gasteiger partial charge in [0.05, 0.1) is 13.2 Å². The van der Waals surface area contributed by atoms with E-state index < -0.39 is 0 Å². The largest absolute Gasteiger partial charge is 0.497 e. The topological polar surface area (TPSA) is 21.6 Å². The van der Waals surface area contributed by atoms with Crippen LogP contribution in [0.5, 0.6) is 5.75 Å². The third kappa shape index (κ3) is 3.52. The van der Waals surface area contributed by atoms with E-state index in [9.17, 15) is 0 Å². The van der Waals surface area contributed by atoms with Crippen LogP contribution in [0.2, 0.25) is 0 Å². The van der Waals surface area contributed by atoms with E-state index in [1.807, 2.05) is 6.07 Å². The van der Waals surface area contributed by atoms with E-state index in [-0.39, 0.29) is 0 Å². The number of fused-ring (bicyclic) bond motifs is 1. The van der Waals surface area contributed by atoms with Crippen LogP contribution in [-0.2, 0) is 19.3 Å². The number of ether oxygens (including phenoxy) is 1. The number of methoxy groups -OCH3 is 1. The minimum absolute atomic E-state index is 0.410. The molecule has 3 rings (SSSR count). The van der Waals surface area contributed by atoms with Crippen molar-refractivity contribution in [2.75, 3.05) is 7.11 Å². The lowest BCUT2D eigenvalue weighted by Crippen LogP contribution is -2.17. The molecule has 0 aliphatic heterocycles. The van der Waals surface area contributed by atoms with Crippen molar-refractivity contribution in [3.8, 4) is 5.75 Å². The van der Waals surface area contributed by atoms with Gasteiger partial charge in [-0.2, -0.15) is 0 Å². The summed E-state index contributed by atoms with van der Waals surface area (Å²) in [6.45, 7) is 0. The summed E-state index contributed by atoms with van der Waals surface area (Å²) in [5, 5.41) is 0. The molecular weight excluding hydrogens is 258 g/mol. The fourth-order valence-electron chi connectivity index (χ4n) is 2.89. The number of hydrogen-bond donors (Lipinski definition) is 0. The van der Waals surface area contributed by atoms with Crippen LogP contribution < -0.4 is 4.74 Å². The molecule has 1 aliphatic carbocycles. The van der Waals surface area contributed by atoms with E-state index >= 15 is 0 Å². The van der Waals surface area contributed by atoms with E-state index in [4.69, 9.17) is 9.73 Å². The van der Waals surface area contributed by atoms with Gasteiger partial charge in [0.2, 0.25) is 0 Å². The van der Waals surface area contributed by atoms with Crippen molar-refractivity contribution in [1.29, 1.82) is 0 Å². The molecule has 0 saturated carbocycles. The van der Waals surface area contributed by atoms with Gasteiger partial charge in [-0.05, 0) is 48.1 Å². The first-order valence-electron chi connectivity index (χ1n) is 7.56. The van der Waals surface area contributed by atoms with Crippen LogP contribution in [0.3, 0.4) is 0 Å². The molecule has 0 amide bonds. The van der Waals surface area contributed by atoms with Gasteiger partial charge in [-0.25, -0.2) is 0 Å². The van der Waals surface area contributed by atoms with Gasteiger partial charge < -0.3 is 4.74 Å². The Hall–Kier alpha value is -2.09. The summed E-state index contributed by atoms with van der Waals surface area (Å²) >= 11 is 0. The molecule has 1 aliphatic rings. The van der Waals surface area contributed by atoms with Crippen LogP contribution in [0.1, 0.15) is 23.1 Å². The van der Waals surface area contributed by atoms with Gasteiger partial charge >= 0.3 is 0 Å². The van der Waals surface area contributed by atoms with E-state index in [2.05, 4.69) is 48.7 Å². The van der Waals surface area contributed by atoms with Gasteiger partial charge in [-0.3, -0.25) is 4.99 Å². The summed E-state index contributed by atoms with van der Waals surface area (Å²) in [5.74, 6) is 0.947. The standard InChI is InChI=1S/C19H21NO/c1-21-19-10-8-16-7-9-18(13-17(16)14-19)20-12-11-15-5-3-2-4-6-15/h2-6,8,10,12,14,18H,7,9,11,13H2,1H3. The molecule has 0 N–H and O–H groups in total. The lowest BCUT2D eigenvalue weighted by Gasteiger charge is -2.22. The summed E-state index contributed by atoms with van der Waals surface area (Å²) in [4.78, 5) is 4.77. The highest BCUT2D eigenvalue weighted by molar-refractivity contribution is 5.61. The van der Waals surface area contributed by atoms with Crippen molar-refractivity contribution in [3.05, 3.63) is 65.2 Å². The number of benzene rings is 2. The molecule has 21 heavy (non-hydrogen) atoms. The molecule has 108 valence electrons. The van der Waals surface area contributed by atoms with Gasteiger partial charge in [-0.1, -0.05) is 36.4 Å². The first-order chi connectivity index (χ1) is 10.3. The van der Waals surface area contributed by atoms with Crippen molar-refractivity contribution in [2.24, 2.45) is 4.99 Å². The third-order valence-electron chi connectivity index (χ3n) is 4.10. The molecule has 0 fully saturated rings. The smallest absolute Gasteiger partial charge is 0.119 e. The van der Waals surface area contributed by atoms with E-state index in [0.717, 1.165) is 31.4 Å². The van der Waals surface area contributed by atoms with Crippen molar-refractivity contribution < 1.29 is 4.74 Å². The molecule has 0 saturated heterocycles. The maximum absolute atomic E-state index is 5.32. The Kier molecular flexibility index (Phi) is 4.34. The Morgan fingerprint density at radius 3 is 2.81 bits per heavy atom. The summed E-state index contributed by atoms with van der Waals surface area (Å²) in [5.41, 5.74) is 4.16. The molecular formula is C19H21NO. The van der Waals surface area contributed by atoms with Gasteiger partial charge in [0, 0.05) is 12.6 Å². The second-order valence-electron chi connectivity index (χ2n) is 5.55. The van der Waals surface area contributed by atoms with E-state index in [1.165, 1.54) is 16.7 Å². The Labute approximate surface area is 126 Å². The highest BCUT2D eigenvalue weighted by Crippen LogP contribution is 2.26. The second kappa shape index (κ2) is 6.57. The lowest BCUT2D eigenvalue weighted by molar-refractivity contribution is 0.413. The predicted octanol–water partition coefficient (Wildman–Crippen LogP) is 3.87. The van der Waals surface area contributed by atoms with Crippen molar-refractivity contribution in [3.63, 3.8) is 0 Å². The maximum atomic E-state index is 5.32. The van der Waals surface area contributed by atoms with E-state index in [0.29, 0.717) is 6.04 Å². The van der Waals surface area contributed by atoms with Crippen LogP contribution in [0.4, 0.5) is 0 Å². The average molecular weight is 279 g/mol. The van der Waals surface area contributed by atoms with Crippen LogP contribution >= 0.6 is 0 Å². The average Bonchev–Trinajstić information content (AvgIpc) is 2.55. The van der Waals surface area contributed by atoms with Crippen LogP contribution in [0, 0.1) is 0 Å². The molecule has 0 heterocycles. The number of aliphatic imine (C=N–C) groups is 1. The fourth-order valence-corrected chi connectivity index (χ4v) is 2.89. The molecule has 0 spiro atoms. The number of rotatable bonds is 4. The van der Waals surface area contributed by atoms with Crippen LogP contribution in [0.15, 0.2) is 53.5 Å². The normalized spacial score (nSPS) is 17.7. The molecule has 1 atom stereocenters. The van der Waals surface area contributed by atoms with Gasteiger partial charge in [0.1, 0.15) is 5.75 Å². The molecule has 2 nitrogen and oxygen atoms in total. The molecule has 1 unspecified atom stereocenters. The van der Waals surface area contributed by atoms with Crippen molar-refractivity contribution in [1.82, 2.24) is 0 Å². The Morgan fingerprint density at radius 1 is 1.14 bits per heavy atom. The zero-order valence-electron chi connectivity index (χ0n) is 12.5. The Bertz CT molecular complexity index is 619. The fraction of sp³-hybridized carbons (Fsp3) is 0.316. The zero-order chi connectivity index (χ0) is 14.5. The zero-order valence-corrected chi connectivity index (χ0v) is 12.5. The molecule has 2 aromatic carbocycles. The maximum Gasteiger partial charge on any atom is 0.119 e. The highest BCUT2D eigenvalue weighted by Gasteiger charge is 2.17. The first-order valence-corrected chi connectivity index (χ1v) is 7.56. The minimum Gasteiger partial charge on any atom is -0.497 e. The SMILES string of the molecule is COc1ccc2c(c1)CC(N=CCc1ccccc1)CC2. The first kappa shape index (κ1) is 13.9. The Morgan fingerprint density at radius 2 is 2.00 bits per heavy atom. The number of nitrogens with zero attached hydrogens (tertiary/aromatic N) is 1. The van der Waals surface area contributed by atoms with Gasteiger partial charge in [-0.15, -0.1) is 0 Å². The monoisotopic (exact) mass is 279 g/mol. The number of aryl methyl sites for hydroxylation is 1. The third-order valence-corrected chi connectivity index (χ3v) is 4.10. The molecule has 0 radical (unpaired) electrons. The highest BCUT2D eigenvalue weighted by atomic mass is 16.5.